The molecule has 1 aromatic heterocycles. The topological polar surface area (TPSA) is 92.2 Å². The molecule has 1 saturated carbocycles. The lowest BCUT2D eigenvalue weighted by molar-refractivity contribution is -0.144. The average molecular weight is 325 g/mol. The number of carboxylic acids is 1. The van der Waals surface area contributed by atoms with E-state index >= 15 is 0 Å². The first-order chi connectivity index (χ1) is 11.5. The zero-order valence-electron chi connectivity index (χ0n) is 13.5. The van der Waals surface area contributed by atoms with Gasteiger partial charge in [0.05, 0.1) is 11.3 Å². The summed E-state index contributed by atoms with van der Waals surface area (Å²) in [6.07, 6.45) is 3.97. The summed E-state index contributed by atoms with van der Waals surface area (Å²) < 4.78 is 0. The largest absolute Gasteiger partial charge is 0.480 e. The van der Waals surface area contributed by atoms with E-state index < -0.39 is 17.4 Å². The van der Waals surface area contributed by atoms with Crippen molar-refractivity contribution in [2.24, 2.45) is 0 Å². The van der Waals surface area contributed by atoms with Crippen LogP contribution in [-0.4, -0.2) is 32.5 Å². The van der Waals surface area contributed by atoms with Crippen LogP contribution in [0.1, 0.15) is 41.7 Å². The van der Waals surface area contributed by atoms with Gasteiger partial charge in [-0.05, 0) is 19.8 Å². The van der Waals surface area contributed by atoms with Gasteiger partial charge >= 0.3 is 5.97 Å². The molecule has 1 aromatic carbocycles. The van der Waals surface area contributed by atoms with Gasteiger partial charge in [0.25, 0.3) is 5.91 Å². The monoisotopic (exact) mass is 325 g/mol. The molecule has 124 valence electrons. The fourth-order valence-corrected chi connectivity index (χ4v) is 3.07. The van der Waals surface area contributed by atoms with Gasteiger partial charge in [-0.25, -0.2) is 14.8 Å². The quantitative estimate of drug-likeness (QED) is 0.901. The number of carbonyl (C=O) groups excluding carboxylic acids is 1. The van der Waals surface area contributed by atoms with Crippen molar-refractivity contribution >= 4 is 11.9 Å². The van der Waals surface area contributed by atoms with Crippen LogP contribution in [-0.2, 0) is 4.79 Å². The third-order valence-electron chi connectivity index (χ3n) is 4.48. The first kappa shape index (κ1) is 16.1. The van der Waals surface area contributed by atoms with E-state index in [9.17, 15) is 14.7 Å². The van der Waals surface area contributed by atoms with Gasteiger partial charge in [-0.3, -0.25) is 4.79 Å². The Morgan fingerprint density at radius 1 is 1.17 bits per heavy atom. The van der Waals surface area contributed by atoms with Gasteiger partial charge in [0, 0.05) is 11.8 Å². The first-order valence-corrected chi connectivity index (χ1v) is 7.97. The van der Waals surface area contributed by atoms with Crippen LogP contribution in [0.3, 0.4) is 0 Å². The van der Waals surface area contributed by atoms with Crippen molar-refractivity contribution < 1.29 is 14.7 Å². The Morgan fingerprint density at radius 2 is 1.83 bits per heavy atom. The molecule has 1 fully saturated rings. The average Bonchev–Trinajstić information content (AvgIpc) is 3.05. The van der Waals surface area contributed by atoms with E-state index in [2.05, 4.69) is 15.3 Å². The Balaban J connectivity index is 1.84. The van der Waals surface area contributed by atoms with E-state index in [1.807, 2.05) is 30.3 Å². The molecule has 1 heterocycles. The highest BCUT2D eigenvalue weighted by atomic mass is 16.4. The number of aryl methyl sites for hydroxylation is 1. The number of nitrogens with zero attached hydrogens (tertiary/aromatic N) is 2. The Bertz CT molecular complexity index is 768. The summed E-state index contributed by atoms with van der Waals surface area (Å²) in [5.74, 6) is -0.872. The summed E-state index contributed by atoms with van der Waals surface area (Å²) in [4.78, 5) is 32.7. The highest BCUT2D eigenvalue weighted by Crippen LogP contribution is 2.30. The van der Waals surface area contributed by atoms with E-state index in [0.29, 0.717) is 29.9 Å². The van der Waals surface area contributed by atoms with Crippen molar-refractivity contribution in [3.63, 3.8) is 0 Å². The van der Waals surface area contributed by atoms with E-state index in [4.69, 9.17) is 0 Å². The van der Waals surface area contributed by atoms with E-state index in [1.54, 1.807) is 6.92 Å². The third kappa shape index (κ3) is 2.99. The fourth-order valence-electron chi connectivity index (χ4n) is 3.07. The van der Waals surface area contributed by atoms with Crippen LogP contribution in [0, 0.1) is 6.92 Å². The second-order valence-corrected chi connectivity index (χ2v) is 6.11. The van der Waals surface area contributed by atoms with Crippen LogP contribution in [0.5, 0.6) is 0 Å². The summed E-state index contributed by atoms with van der Waals surface area (Å²) >= 11 is 0. The Labute approximate surface area is 140 Å². The summed E-state index contributed by atoms with van der Waals surface area (Å²) in [5.41, 5.74) is 0.536. The van der Waals surface area contributed by atoms with Crippen LogP contribution in [0.25, 0.3) is 11.4 Å². The minimum atomic E-state index is -1.17. The second-order valence-electron chi connectivity index (χ2n) is 6.11. The first-order valence-electron chi connectivity index (χ1n) is 7.97. The van der Waals surface area contributed by atoms with Gasteiger partial charge in [0.15, 0.2) is 5.82 Å². The number of carbonyl (C=O) groups is 2. The number of rotatable bonds is 4. The van der Waals surface area contributed by atoms with Crippen molar-refractivity contribution in [1.29, 1.82) is 0 Å². The highest BCUT2D eigenvalue weighted by molar-refractivity contribution is 5.98. The minimum absolute atomic E-state index is 0.308. The molecule has 0 aliphatic heterocycles. The lowest BCUT2D eigenvalue weighted by Crippen LogP contribution is -2.52. The van der Waals surface area contributed by atoms with Crippen LogP contribution in [0.2, 0.25) is 0 Å². The zero-order valence-corrected chi connectivity index (χ0v) is 13.5. The molecule has 1 aliphatic carbocycles. The number of hydrogen-bond donors (Lipinski definition) is 2. The summed E-state index contributed by atoms with van der Waals surface area (Å²) in [6, 6.07) is 9.49. The molecule has 0 saturated heterocycles. The van der Waals surface area contributed by atoms with Crippen molar-refractivity contribution in [3.05, 3.63) is 47.8 Å². The normalized spacial score (nSPS) is 15.9. The maximum absolute atomic E-state index is 12.5. The van der Waals surface area contributed by atoms with Gasteiger partial charge < -0.3 is 10.4 Å². The summed E-state index contributed by atoms with van der Waals surface area (Å²) in [5, 5.41) is 12.2. The van der Waals surface area contributed by atoms with Crippen molar-refractivity contribution in [2.45, 2.75) is 38.1 Å². The molecule has 2 N–H and O–H groups in total. The molecular weight excluding hydrogens is 306 g/mol. The van der Waals surface area contributed by atoms with Crippen LogP contribution < -0.4 is 5.32 Å². The molecule has 0 atom stereocenters. The highest BCUT2D eigenvalue weighted by Gasteiger charge is 2.42. The number of aliphatic carboxylic acids is 1. The molecule has 1 amide bonds. The molecule has 6 nitrogen and oxygen atoms in total. The fraction of sp³-hybridized carbons (Fsp3) is 0.333. The molecular formula is C18H19N3O3. The van der Waals surface area contributed by atoms with Crippen LogP contribution in [0.15, 0.2) is 36.5 Å². The maximum atomic E-state index is 12.5. The molecule has 0 spiro atoms. The lowest BCUT2D eigenvalue weighted by Gasteiger charge is -2.25. The predicted molar refractivity (Wildman–Crippen MR) is 88.5 cm³/mol. The van der Waals surface area contributed by atoms with Gasteiger partial charge in [-0.2, -0.15) is 0 Å². The number of amides is 1. The molecule has 24 heavy (non-hydrogen) atoms. The third-order valence-corrected chi connectivity index (χ3v) is 4.48. The number of aromatic nitrogens is 2. The van der Waals surface area contributed by atoms with Gasteiger partial charge in [-0.15, -0.1) is 0 Å². The van der Waals surface area contributed by atoms with E-state index in [1.165, 1.54) is 6.20 Å². The maximum Gasteiger partial charge on any atom is 0.329 e. The van der Waals surface area contributed by atoms with E-state index in [0.717, 1.165) is 18.4 Å². The lowest BCUT2D eigenvalue weighted by atomic mass is 9.97. The van der Waals surface area contributed by atoms with Gasteiger partial charge in [-0.1, -0.05) is 43.2 Å². The molecule has 3 rings (SSSR count). The Kier molecular flexibility index (Phi) is 4.29. The number of carboxylic acid groups (broad SMARTS) is 1. The molecule has 0 bridgehead atoms. The Morgan fingerprint density at radius 3 is 2.42 bits per heavy atom. The molecule has 6 heteroatoms. The van der Waals surface area contributed by atoms with Gasteiger partial charge in [0.2, 0.25) is 0 Å². The predicted octanol–water partition coefficient (Wildman–Crippen LogP) is 2.58. The number of hydrogen-bond acceptors (Lipinski definition) is 4. The molecule has 2 aromatic rings. The number of nitrogens with one attached hydrogen (secondary N) is 1. The zero-order chi connectivity index (χ0) is 17.2. The SMILES string of the molecule is Cc1nc(-c2ccccc2)ncc1C(=O)NC1(C(=O)O)CCCC1. The molecule has 0 radical (unpaired) electrons. The molecule has 0 unspecified atom stereocenters. The minimum Gasteiger partial charge on any atom is -0.480 e. The second kappa shape index (κ2) is 6.39. The van der Waals surface area contributed by atoms with Crippen LogP contribution >= 0.6 is 0 Å². The summed E-state index contributed by atoms with van der Waals surface area (Å²) in [6.45, 7) is 1.73. The Hall–Kier alpha value is -2.76. The van der Waals surface area contributed by atoms with Crippen molar-refractivity contribution in [3.8, 4) is 11.4 Å². The molecule has 1 aliphatic rings. The van der Waals surface area contributed by atoms with Crippen LogP contribution in [0.4, 0.5) is 0 Å². The standard InChI is InChI=1S/C18H19N3O3/c1-12-14(11-19-15(20-12)13-7-3-2-4-8-13)16(22)21-18(17(23)24)9-5-6-10-18/h2-4,7-8,11H,5-6,9-10H2,1H3,(H,21,22)(H,23,24). The van der Waals surface area contributed by atoms with E-state index in [-0.39, 0.29) is 0 Å². The summed E-state index contributed by atoms with van der Waals surface area (Å²) in [7, 11) is 0. The smallest absolute Gasteiger partial charge is 0.329 e. The van der Waals surface area contributed by atoms with Gasteiger partial charge in [0.1, 0.15) is 5.54 Å². The number of benzene rings is 1. The van der Waals surface area contributed by atoms with Crippen molar-refractivity contribution in [2.75, 3.05) is 0 Å². The van der Waals surface area contributed by atoms with Crippen molar-refractivity contribution in [1.82, 2.24) is 15.3 Å².